The third-order valence-electron chi connectivity index (χ3n) is 1.94. The first-order valence-electron chi connectivity index (χ1n) is 4.90. The number of hydrogen-bond donors (Lipinski definition) is 0. The van der Waals surface area contributed by atoms with Crippen LogP contribution in [0.25, 0.3) is 0 Å². The number of rotatable bonds is 4. The number of carbonyl (C=O) groups is 1. The van der Waals surface area contributed by atoms with Crippen LogP contribution in [0.15, 0.2) is 30.3 Å². The third kappa shape index (κ3) is 5.16. The summed E-state index contributed by atoms with van der Waals surface area (Å²) in [6.45, 7) is 4.71. The Balaban J connectivity index is 2.38. The summed E-state index contributed by atoms with van der Waals surface area (Å²) >= 11 is 2.35. The van der Waals surface area contributed by atoms with Gasteiger partial charge in [-0.3, -0.25) is 0 Å². The minimum atomic E-state index is -0.240. The highest BCUT2D eigenvalue weighted by atomic mass is 127. The van der Waals surface area contributed by atoms with E-state index in [-0.39, 0.29) is 9.39 Å². The van der Waals surface area contributed by atoms with Gasteiger partial charge in [-0.1, -0.05) is 54.6 Å². The van der Waals surface area contributed by atoms with Crippen LogP contribution < -0.4 is 0 Å². The number of halogens is 1. The molecule has 0 amide bonds. The second-order valence-electron chi connectivity index (χ2n) is 3.97. The van der Waals surface area contributed by atoms with E-state index in [1.54, 1.807) is 12.1 Å². The lowest BCUT2D eigenvalue weighted by Crippen LogP contribution is -2.15. The summed E-state index contributed by atoms with van der Waals surface area (Å²) in [4.78, 5) is 11.5. The summed E-state index contributed by atoms with van der Waals surface area (Å²) in [5.74, 6) is -0.240. The van der Waals surface area contributed by atoms with Crippen molar-refractivity contribution in [1.82, 2.24) is 0 Å². The minimum absolute atomic E-state index is 0.175. The summed E-state index contributed by atoms with van der Waals surface area (Å²) < 4.78 is 5.34. The van der Waals surface area contributed by atoms with Gasteiger partial charge in [-0.25, -0.2) is 4.79 Å². The molecule has 0 bridgehead atoms. The van der Waals surface area contributed by atoms with E-state index in [0.717, 1.165) is 6.42 Å². The lowest BCUT2D eigenvalue weighted by atomic mass is 10.1. The van der Waals surface area contributed by atoms with Crippen LogP contribution in [0.2, 0.25) is 0 Å². The highest BCUT2D eigenvalue weighted by Crippen LogP contribution is 2.21. The number of hydrogen-bond acceptors (Lipinski definition) is 2. The van der Waals surface area contributed by atoms with Gasteiger partial charge in [0.1, 0.15) is 0 Å². The lowest BCUT2D eigenvalue weighted by Gasteiger charge is -2.15. The average molecular weight is 318 g/mol. The predicted octanol–water partition coefficient (Wildman–Crippen LogP) is 3.45. The number of alkyl halides is 1. The van der Waals surface area contributed by atoms with E-state index in [4.69, 9.17) is 4.74 Å². The molecule has 1 rings (SSSR count). The van der Waals surface area contributed by atoms with Gasteiger partial charge in [0.05, 0.1) is 12.2 Å². The summed E-state index contributed by atoms with van der Waals surface area (Å²) in [5.41, 5.74) is 0.615. The van der Waals surface area contributed by atoms with Gasteiger partial charge in [-0.05, 0) is 18.6 Å². The molecule has 0 heterocycles. The van der Waals surface area contributed by atoms with Crippen molar-refractivity contribution in [3.05, 3.63) is 35.9 Å². The maximum Gasteiger partial charge on any atom is 0.338 e. The van der Waals surface area contributed by atoms with Crippen molar-refractivity contribution >= 4 is 28.6 Å². The molecule has 0 atom stereocenters. The minimum Gasteiger partial charge on any atom is -0.462 e. The van der Waals surface area contributed by atoms with Crippen LogP contribution >= 0.6 is 22.6 Å². The van der Waals surface area contributed by atoms with Crippen molar-refractivity contribution < 1.29 is 9.53 Å². The molecule has 1 aromatic carbocycles. The van der Waals surface area contributed by atoms with Crippen LogP contribution in [-0.4, -0.2) is 16.0 Å². The lowest BCUT2D eigenvalue weighted by molar-refractivity contribution is 0.0495. The quantitative estimate of drug-likeness (QED) is 0.483. The maximum atomic E-state index is 11.5. The molecule has 1 aromatic rings. The molecule has 0 radical (unpaired) electrons. The first-order chi connectivity index (χ1) is 6.99. The fraction of sp³-hybridized carbons (Fsp3) is 0.417. The van der Waals surface area contributed by atoms with E-state index in [1.165, 1.54) is 0 Å². The summed E-state index contributed by atoms with van der Waals surface area (Å²) in [5, 5.41) is 0. The van der Waals surface area contributed by atoms with Gasteiger partial charge in [0.25, 0.3) is 0 Å². The molecule has 15 heavy (non-hydrogen) atoms. The Kier molecular flexibility index (Phi) is 4.57. The smallest absolute Gasteiger partial charge is 0.338 e. The van der Waals surface area contributed by atoms with Gasteiger partial charge < -0.3 is 4.74 Å². The van der Waals surface area contributed by atoms with Gasteiger partial charge in [-0.15, -0.1) is 0 Å². The van der Waals surface area contributed by atoms with E-state index in [9.17, 15) is 4.79 Å². The van der Waals surface area contributed by atoms with Crippen LogP contribution in [0.3, 0.4) is 0 Å². The molecule has 82 valence electrons. The van der Waals surface area contributed by atoms with Gasteiger partial charge >= 0.3 is 5.97 Å². The molecule has 2 nitrogen and oxygen atoms in total. The second-order valence-corrected chi connectivity index (χ2v) is 6.89. The molecule has 0 aliphatic carbocycles. The molecule has 0 fully saturated rings. The Bertz CT molecular complexity index is 314. The fourth-order valence-corrected chi connectivity index (χ4v) is 1.26. The molecule has 0 spiro atoms. The van der Waals surface area contributed by atoms with Gasteiger partial charge in [-0.2, -0.15) is 0 Å². The first kappa shape index (κ1) is 12.5. The molecule has 0 saturated heterocycles. The Labute approximate surface area is 104 Å². The SMILES string of the molecule is CC(C)(I)CCOC(=O)c1ccccc1. The van der Waals surface area contributed by atoms with Crippen molar-refractivity contribution in [2.45, 2.75) is 23.7 Å². The van der Waals surface area contributed by atoms with E-state index in [0.29, 0.717) is 12.2 Å². The van der Waals surface area contributed by atoms with E-state index in [2.05, 4.69) is 36.4 Å². The molecule has 0 aromatic heterocycles. The highest BCUT2D eigenvalue weighted by Gasteiger charge is 2.13. The molecule has 0 saturated carbocycles. The van der Waals surface area contributed by atoms with E-state index < -0.39 is 0 Å². The topological polar surface area (TPSA) is 26.3 Å². The number of ether oxygens (including phenoxy) is 1. The van der Waals surface area contributed by atoms with E-state index in [1.807, 2.05) is 18.2 Å². The summed E-state index contributed by atoms with van der Waals surface area (Å²) in [6, 6.07) is 9.07. The van der Waals surface area contributed by atoms with Crippen molar-refractivity contribution in [2.75, 3.05) is 6.61 Å². The zero-order chi connectivity index (χ0) is 11.3. The first-order valence-corrected chi connectivity index (χ1v) is 5.98. The molecule has 0 aliphatic rings. The van der Waals surface area contributed by atoms with Gasteiger partial charge in [0, 0.05) is 3.42 Å². The Morgan fingerprint density at radius 1 is 1.33 bits per heavy atom. The van der Waals surface area contributed by atoms with Crippen molar-refractivity contribution in [2.24, 2.45) is 0 Å². The van der Waals surface area contributed by atoms with Crippen LogP contribution in [0, 0.1) is 0 Å². The Morgan fingerprint density at radius 3 is 2.47 bits per heavy atom. The fourth-order valence-electron chi connectivity index (χ4n) is 1.04. The Hall–Kier alpha value is -0.580. The zero-order valence-corrected chi connectivity index (χ0v) is 11.2. The van der Waals surface area contributed by atoms with Gasteiger partial charge in [0.15, 0.2) is 0 Å². The van der Waals surface area contributed by atoms with E-state index >= 15 is 0 Å². The van der Waals surface area contributed by atoms with Crippen molar-refractivity contribution in [3.63, 3.8) is 0 Å². The van der Waals surface area contributed by atoms with Crippen molar-refractivity contribution in [1.29, 1.82) is 0 Å². The van der Waals surface area contributed by atoms with Crippen molar-refractivity contribution in [3.8, 4) is 0 Å². The Morgan fingerprint density at radius 2 is 1.93 bits per heavy atom. The molecule has 0 N–H and O–H groups in total. The molecule has 0 unspecified atom stereocenters. The monoisotopic (exact) mass is 318 g/mol. The number of benzene rings is 1. The zero-order valence-electron chi connectivity index (χ0n) is 9.00. The molecular formula is C12H15IO2. The van der Waals surface area contributed by atoms with Crippen LogP contribution in [0.1, 0.15) is 30.6 Å². The standard InChI is InChI=1S/C12H15IO2/c1-12(2,13)8-9-15-11(14)10-6-4-3-5-7-10/h3-7H,8-9H2,1-2H3. The normalized spacial score (nSPS) is 11.1. The average Bonchev–Trinajstić information content (AvgIpc) is 2.17. The predicted molar refractivity (Wildman–Crippen MR) is 69.4 cm³/mol. The summed E-state index contributed by atoms with van der Waals surface area (Å²) in [7, 11) is 0. The second kappa shape index (κ2) is 5.49. The maximum absolute atomic E-state index is 11.5. The molecular weight excluding hydrogens is 303 g/mol. The summed E-state index contributed by atoms with van der Waals surface area (Å²) in [6.07, 6.45) is 0.867. The molecule has 3 heteroatoms. The highest BCUT2D eigenvalue weighted by molar-refractivity contribution is 14.1. The number of carbonyl (C=O) groups excluding carboxylic acids is 1. The largest absolute Gasteiger partial charge is 0.462 e. The number of esters is 1. The van der Waals surface area contributed by atoms with Gasteiger partial charge in [0.2, 0.25) is 0 Å². The van der Waals surface area contributed by atoms with Crippen LogP contribution in [-0.2, 0) is 4.74 Å². The molecule has 0 aliphatic heterocycles. The van der Waals surface area contributed by atoms with Crippen LogP contribution in [0.4, 0.5) is 0 Å². The third-order valence-corrected chi connectivity index (χ3v) is 2.48. The van der Waals surface area contributed by atoms with Crippen LogP contribution in [0.5, 0.6) is 0 Å².